The molecule has 0 heterocycles. The van der Waals surface area contributed by atoms with Crippen LogP contribution < -0.4 is 51.4 Å². The Kier molecular flexibility index (Phi) is 17.8. The summed E-state index contributed by atoms with van der Waals surface area (Å²) in [4.78, 5) is 0. The van der Waals surface area contributed by atoms with Crippen molar-refractivity contribution in [3.63, 3.8) is 0 Å². The second-order valence-corrected chi connectivity index (χ2v) is 6.67. The molecule has 0 aromatic rings. The molecule has 0 atom stereocenters. The Morgan fingerprint density at radius 2 is 1.40 bits per heavy atom. The zero-order chi connectivity index (χ0) is 10.3. The van der Waals surface area contributed by atoms with Crippen LogP contribution in [0.4, 0.5) is 0 Å². The Balaban J connectivity index is -0.000000720. The summed E-state index contributed by atoms with van der Waals surface area (Å²) >= 11 is 0. The maximum atomic E-state index is 5.31. The Morgan fingerprint density at radius 3 is 1.67 bits per heavy atom. The van der Waals surface area contributed by atoms with E-state index in [0.29, 0.717) is 0 Å². The molecular formula is C9H23KO4Si. The first-order valence-corrected chi connectivity index (χ1v) is 6.69. The Bertz CT molecular complexity index is 123. The topological polar surface area (TPSA) is 57.7 Å². The van der Waals surface area contributed by atoms with Crippen molar-refractivity contribution in [3.8, 4) is 0 Å². The van der Waals surface area contributed by atoms with Crippen LogP contribution in [-0.4, -0.2) is 35.6 Å². The fourth-order valence-corrected chi connectivity index (χ4v) is 3.03. The van der Waals surface area contributed by atoms with Crippen molar-refractivity contribution in [1.29, 1.82) is 0 Å². The average Bonchev–Trinajstić information content (AvgIpc) is 2.13. The van der Waals surface area contributed by atoms with Gasteiger partial charge in [-0.25, -0.2) is 0 Å². The van der Waals surface area contributed by atoms with E-state index in [9.17, 15) is 0 Å². The van der Waals surface area contributed by atoms with Gasteiger partial charge in [-0.1, -0.05) is 20.3 Å². The van der Waals surface area contributed by atoms with Gasteiger partial charge >= 0.3 is 60.2 Å². The molecule has 1 N–H and O–H groups in total. The molecule has 0 bridgehead atoms. The molecule has 0 amide bonds. The molecule has 0 rings (SSSR count). The first-order valence-electron chi connectivity index (χ1n) is 4.75. The van der Waals surface area contributed by atoms with Crippen molar-refractivity contribution >= 4 is 8.80 Å². The maximum absolute atomic E-state index is 5.31. The maximum Gasteiger partial charge on any atom is 1.00 e. The Labute approximate surface area is 137 Å². The third-order valence-corrected chi connectivity index (χ3v) is 5.03. The van der Waals surface area contributed by atoms with Crippen LogP contribution in [0.25, 0.3) is 0 Å². The zero-order valence-corrected chi connectivity index (χ0v) is 15.0. The van der Waals surface area contributed by atoms with E-state index >= 15 is 0 Å². The molecule has 0 aliphatic carbocycles. The molecule has 88 valence electrons. The van der Waals surface area contributed by atoms with E-state index in [1.165, 1.54) is 6.42 Å². The van der Waals surface area contributed by atoms with Gasteiger partial charge in [-0.3, -0.25) is 0 Å². The smallest absolute Gasteiger partial charge is 0.870 e. The third-order valence-electron chi connectivity index (χ3n) is 2.20. The van der Waals surface area contributed by atoms with Gasteiger partial charge in [0, 0.05) is 27.4 Å². The van der Waals surface area contributed by atoms with Crippen LogP contribution in [0.5, 0.6) is 0 Å². The van der Waals surface area contributed by atoms with Gasteiger partial charge in [0.2, 0.25) is 0 Å². The van der Waals surface area contributed by atoms with E-state index in [4.69, 9.17) is 13.3 Å². The van der Waals surface area contributed by atoms with Gasteiger partial charge < -0.3 is 18.8 Å². The molecule has 0 aromatic heterocycles. The summed E-state index contributed by atoms with van der Waals surface area (Å²) in [5.74, 6) is 0.734. The van der Waals surface area contributed by atoms with E-state index in [1.54, 1.807) is 21.3 Å². The van der Waals surface area contributed by atoms with Gasteiger partial charge in [0.15, 0.2) is 0 Å². The van der Waals surface area contributed by atoms with Gasteiger partial charge in [0.25, 0.3) is 0 Å². The second-order valence-electron chi connectivity index (χ2n) is 3.58. The Hall–Kier alpha value is 1.69. The van der Waals surface area contributed by atoms with Gasteiger partial charge in [0.1, 0.15) is 0 Å². The molecule has 0 saturated heterocycles. The fourth-order valence-electron chi connectivity index (χ4n) is 1.28. The summed E-state index contributed by atoms with van der Waals surface area (Å²) in [5.41, 5.74) is 0. The van der Waals surface area contributed by atoms with Crippen molar-refractivity contribution in [2.75, 3.05) is 21.3 Å². The predicted molar refractivity (Wildman–Crippen MR) is 57.6 cm³/mol. The molecule has 4 nitrogen and oxygen atoms in total. The summed E-state index contributed by atoms with van der Waals surface area (Å²) in [6.07, 6.45) is 2.31. The van der Waals surface area contributed by atoms with E-state index in [0.717, 1.165) is 18.4 Å². The molecule has 0 fully saturated rings. The molecule has 0 aromatic carbocycles. The second kappa shape index (κ2) is 12.2. The van der Waals surface area contributed by atoms with Crippen molar-refractivity contribution < 1.29 is 70.1 Å². The van der Waals surface area contributed by atoms with Gasteiger partial charge in [-0.15, -0.1) is 0 Å². The van der Waals surface area contributed by atoms with Crippen LogP contribution >= 0.6 is 0 Å². The normalized spacial score (nSPS) is 10.8. The predicted octanol–water partition coefficient (Wildman–Crippen LogP) is -0.872. The standard InChI is InChI=1S/C9H22O3Si.K.H2O/c1-9(2)7-6-8-13(10-3,11-4)12-5;;/h9H,6-8H2,1-5H3;;1H2/q;+1;/p-1. The first kappa shape index (κ1) is 21.9. The summed E-state index contributed by atoms with van der Waals surface area (Å²) < 4.78 is 15.9. The minimum Gasteiger partial charge on any atom is -0.870 e. The number of hydrogen-bond donors (Lipinski definition) is 0. The summed E-state index contributed by atoms with van der Waals surface area (Å²) in [6, 6.07) is 0.911. The number of rotatable bonds is 7. The zero-order valence-electron chi connectivity index (χ0n) is 10.9. The van der Waals surface area contributed by atoms with Gasteiger partial charge in [-0.2, -0.15) is 0 Å². The molecule has 0 aliphatic heterocycles. The van der Waals surface area contributed by atoms with E-state index in [2.05, 4.69) is 13.8 Å². The quantitative estimate of drug-likeness (QED) is 0.560. The molecule has 15 heavy (non-hydrogen) atoms. The summed E-state index contributed by atoms with van der Waals surface area (Å²) in [6.45, 7) is 4.44. The molecule has 0 radical (unpaired) electrons. The average molecular weight is 262 g/mol. The summed E-state index contributed by atoms with van der Waals surface area (Å²) in [7, 11) is 2.70. The largest absolute Gasteiger partial charge is 1.00 e. The molecule has 0 aliphatic rings. The van der Waals surface area contributed by atoms with Crippen molar-refractivity contribution in [1.82, 2.24) is 0 Å². The van der Waals surface area contributed by atoms with Crippen LogP contribution in [0, 0.1) is 5.92 Å². The van der Waals surface area contributed by atoms with E-state index in [1.807, 2.05) is 0 Å². The summed E-state index contributed by atoms with van der Waals surface area (Å²) in [5, 5.41) is 0. The SMILES string of the molecule is CO[Si](CCCC(C)C)(OC)OC.[K+].[OH-]. The molecule has 6 heteroatoms. The van der Waals surface area contributed by atoms with Crippen LogP contribution in [-0.2, 0) is 13.3 Å². The molecule has 0 unspecified atom stereocenters. The third kappa shape index (κ3) is 9.40. The minimum absolute atomic E-state index is 0. The van der Waals surface area contributed by atoms with Crippen LogP contribution in [0.3, 0.4) is 0 Å². The van der Waals surface area contributed by atoms with Gasteiger partial charge in [-0.05, 0) is 12.3 Å². The molecule has 0 saturated carbocycles. The Morgan fingerprint density at radius 1 is 1.00 bits per heavy atom. The molecular weight excluding hydrogens is 239 g/mol. The van der Waals surface area contributed by atoms with Crippen molar-refractivity contribution in [2.24, 2.45) is 5.92 Å². The van der Waals surface area contributed by atoms with Gasteiger partial charge in [0.05, 0.1) is 0 Å². The van der Waals surface area contributed by atoms with E-state index < -0.39 is 8.80 Å². The van der Waals surface area contributed by atoms with Crippen LogP contribution in [0.1, 0.15) is 26.7 Å². The van der Waals surface area contributed by atoms with Crippen LogP contribution in [0.15, 0.2) is 0 Å². The van der Waals surface area contributed by atoms with Crippen molar-refractivity contribution in [2.45, 2.75) is 32.7 Å². The fraction of sp³-hybridized carbons (Fsp3) is 1.00. The van der Waals surface area contributed by atoms with E-state index in [-0.39, 0.29) is 56.9 Å². The van der Waals surface area contributed by atoms with Crippen molar-refractivity contribution in [3.05, 3.63) is 0 Å². The minimum atomic E-state index is -2.28. The molecule has 0 spiro atoms. The first-order chi connectivity index (χ1) is 6.10. The van der Waals surface area contributed by atoms with Crippen LogP contribution in [0.2, 0.25) is 6.04 Å². The monoisotopic (exact) mass is 262 g/mol. The number of hydrogen-bond acceptors (Lipinski definition) is 4.